The molecule has 4 rings (SSSR count). The third kappa shape index (κ3) is 3.41. The van der Waals surface area contributed by atoms with Gasteiger partial charge in [0.1, 0.15) is 5.75 Å². The van der Waals surface area contributed by atoms with Crippen molar-refractivity contribution in [1.29, 1.82) is 0 Å². The molecule has 2 heterocycles. The van der Waals surface area contributed by atoms with Crippen molar-refractivity contribution in [3.05, 3.63) is 85.0 Å². The van der Waals surface area contributed by atoms with Crippen LogP contribution in [0.1, 0.15) is 16.7 Å². The Morgan fingerprint density at radius 3 is 2.47 bits per heavy atom. The van der Waals surface area contributed by atoms with E-state index < -0.39 is 11.2 Å². The van der Waals surface area contributed by atoms with Gasteiger partial charge in [-0.2, -0.15) is 4.98 Å². The van der Waals surface area contributed by atoms with E-state index >= 15 is 0 Å². The summed E-state index contributed by atoms with van der Waals surface area (Å²) >= 11 is 6.14. The summed E-state index contributed by atoms with van der Waals surface area (Å²) in [5, 5.41) is 0.592. The lowest BCUT2D eigenvalue weighted by Gasteiger charge is -2.11. The molecule has 0 radical (unpaired) electrons. The molecule has 0 aliphatic carbocycles. The fraction of sp³-hybridized carbons (Fsp3) is 0.227. The molecule has 0 aliphatic heterocycles. The van der Waals surface area contributed by atoms with Gasteiger partial charge in [0.2, 0.25) is 0 Å². The summed E-state index contributed by atoms with van der Waals surface area (Å²) in [7, 11) is 3.03. The highest BCUT2D eigenvalue weighted by Gasteiger charge is 2.21. The SMILES string of the molecule is Cc1ccc(Oc2nc3c(c(=O)n(C)c(=O)n3C)n2Cc2cccc(Cl)c2)cc1C. The number of hydrogen-bond donors (Lipinski definition) is 0. The van der Waals surface area contributed by atoms with Gasteiger partial charge >= 0.3 is 11.7 Å². The van der Waals surface area contributed by atoms with Crippen LogP contribution in [0.5, 0.6) is 11.8 Å². The number of rotatable bonds is 4. The first-order chi connectivity index (χ1) is 14.3. The molecule has 0 unspecified atom stereocenters. The molecule has 2 aromatic heterocycles. The van der Waals surface area contributed by atoms with Crippen LogP contribution < -0.4 is 16.0 Å². The number of benzene rings is 2. The summed E-state index contributed by atoms with van der Waals surface area (Å²) < 4.78 is 10.2. The number of halogens is 1. The van der Waals surface area contributed by atoms with Crippen molar-refractivity contribution in [2.45, 2.75) is 20.4 Å². The highest BCUT2D eigenvalue weighted by molar-refractivity contribution is 6.30. The fourth-order valence-electron chi connectivity index (χ4n) is 3.35. The van der Waals surface area contributed by atoms with E-state index in [-0.39, 0.29) is 11.7 Å². The molecule has 0 saturated carbocycles. The molecule has 8 heteroatoms. The third-order valence-electron chi connectivity index (χ3n) is 5.23. The van der Waals surface area contributed by atoms with E-state index in [0.717, 1.165) is 21.3 Å². The lowest BCUT2D eigenvalue weighted by Crippen LogP contribution is -2.37. The number of aromatic nitrogens is 4. The van der Waals surface area contributed by atoms with E-state index in [2.05, 4.69) is 4.98 Å². The molecule has 2 aromatic carbocycles. The van der Waals surface area contributed by atoms with Gasteiger partial charge < -0.3 is 4.74 Å². The van der Waals surface area contributed by atoms with Crippen molar-refractivity contribution in [3.63, 3.8) is 0 Å². The van der Waals surface area contributed by atoms with Gasteiger partial charge in [0.25, 0.3) is 5.56 Å². The van der Waals surface area contributed by atoms with Gasteiger partial charge in [-0.05, 0) is 54.8 Å². The maximum absolute atomic E-state index is 13.0. The summed E-state index contributed by atoms with van der Waals surface area (Å²) in [4.78, 5) is 29.8. The largest absolute Gasteiger partial charge is 0.425 e. The van der Waals surface area contributed by atoms with E-state index in [1.807, 2.05) is 50.2 Å². The van der Waals surface area contributed by atoms with E-state index in [1.54, 1.807) is 17.7 Å². The predicted octanol–water partition coefficient (Wildman–Crippen LogP) is 3.54. The Bertz CT molecular complexity index is 1400. The minimum atomic E-state index is -0.447. The molecule has 0 spiro atoms. The van der Waals surface area contributed by atoms with Crippen LogP contribution in [0.4, 0.5) is 0 Å². The van der Waals surface area contributed by atoms with Crippen molar-refractivity contribution in [2.24, 2.45) is 14.1 Å². The molecular weight excluding hydrogens is 404 g/mol. The Labute approximate surface area is 177 Å². The molecule has 0 N–H and O–H groups in total. The zero-order chi connectivity index (χ0) is 21.6. The summed E-state index contributed by atoms with van der Waals surface area (Å²) in [6.07, 6.45) is 0. The molecule has 30 heavy (non-hydrogen) atoms. The molecule has 7 nitrogen and oxygen atoms in total. The average molecular weight is 425 g/mol. The van der Waals surface area contributed by atoms with Gasteiger partial charge in [-0.25, -0.2) is 4.79 Å². The van der Waals surface area contributed by atoms with E-state index in [0.29, 0.717) is 22.8 Å². The zero-order valence-electron chi connectivity index (χ0n) is 17.1. The average Bonchev–Trinajstić information content (AvgIpc) is 3.05. The van der Waals surface area contributed by atoms with Crippen LogP contribution in [0.3, 0.4) is 0 Å². The minimum Gasteiger partial charge on any atom is -0.425 e. The van der Waals surface area contributed by atoms with Crippen molar-refractivity contribution in [2.75, 3.05) is 0 Å². The van der Waals surface area contributed by atoms with Crippen LogP contribution in [0.2, 0.25) is 5.02 Å². The molecule has 0 atom stereocenters. The number of nitrogens with zero attached hydrogens (tertiary/aromatic N) is 4. The normalized spacial score (nSPS) is 11.2. The summed E-state index contributed by atoms with van der Waals surface area (Å²) in [6.45, 7) is 4.33. The molecular formula is C22H21ClN4O3. The first-order valence-electron chi connectivity index (χ1n) is 9.42. The smallest absolute Gasteiger partial charge is 0.332 e. The summed E-state index contributed by atoms with van der Waals surface area (Å²) in [6, 6.07) is 13.3. The van der Waals surface area contributed by atoms with Gasteiger partial charge in [-0.3, -0.25) is 18.5 Å². The van der Waals surface area contributed by atoms with Crippen LogP contribution in [0.15, 0.2) is 52.1 Å². The van der Waals surface area contributed by atoms with Crippen molar-refractivity contribution in [1.82, 2.24) is 18.7 Å². The lowest BCUT2D eigenvalue weighted by molar-refractivity contribution is 0.420. The van der Waals surface area contributed by atoms with E-state index in [9.17, 15) is 9.59 Å². The number of aryl methyl sites for hydroxylation is 3. The second kappa shape index (κ2) is 7.50. The monoisotopic (exact) mass is 424 g/mol. The molecule has 4 aromatic rings. The van der Waals surface area contributed by atoms with Crippen molar-refractivity contribution < 1.29 is 4.74 Å². The Kier molecular flexibility index (Phi) is 4.99. The third-order valence-corrected chi connectivity index (χ3v) is 5.47. The topological polar surface area (TPSA) is 71.1 Å². The van der Waals surface area contributed by atoms with Crippen LogP contribution in [0, 0.1) is 13.8 Å². The summed E-state index contributed by atoms with van der Waals surface area (Å²) in [5.74, 6) is 0.600. The van der Waals surface area contributed by atoms with Crippen LogP contribution >= 0.6 is 11.6 Å². The lowest BCUT2D eigenvalue weighted by atomic mass is 10.1. The minimum absolute atomic E-state index is 0.228. The maximum atomic E-state index is 13.0. The Balaban J connectivity index is 1.94. The first-order valence-corrected chi connectivity index (χ1v) is 9.80. The van der Waals surface area contributed by atoms with Crippen LogP contribution in [-0.4, -0.2) is 18.7 Å². The second-order valence-corrected chi connectivity index (χ2v) is 7.77. The molecule has 0 fully saturated rings. The maximum Gasteiger partial charge on any atom is 0.332 e. The van der Waals surface area contributed by atoms with Gasteiger partial charge in [-0.15, -0.1) is 0 Å². The molecule has 0 amide bonds. The number of hydrogen-bond acceptors (Lipinski definition) is 4. The van der Waals surface area contributed by atoms with Gasteiger partial charge in [0.15, 0.2) is 11.2 Å². The number of ether oxygens (including phenoxy) is 1. The van der Waals surface area contributed by atoms with Crippen molar-refractivity contribution >= 4 is 22.8 Å². The van der Waals surface area contributed by atoms with E-state index in [4.69, 9.17) is 16.3 Å². The molecule has 0 bridgehead atoms. The Hall–Kier alpha value is -3.32. The first kappa shape index (κ1) is 20.0. The zero-order valence-corrected chi connectivity index (χ0v) is 17.9. The summed E-state index contributed by atoms with van der Waals surface area (Å²) in [5.41, 5.74) is 2.78. The second-order valence-electron chi connectivity index (χ2n) is 7.34. The molecule has 0 aliphatic rings. The van der Waals surface area contributed by atoms with Gasteiger partial charge in [0.05, 0.1) is 6.54 Å². The molecule has 0 saturated heterocycles. The highest BCUT2D eigenvalue weighted by atomic mass is 35.5. The predicted molar refractivity (Wildman–Crippen MR) is 117 cm³/mol. The fourth-order valence-corrected chi connectivity index (χ4v) is 3.56. The van der Waals surface area contributed by atoms with Gasteiger partial charge in [0, 0.05) is 19.1 Å². The van der Waals surface area contributed by atoms with Gasteiger partial charge in [-0.1, -0.05) is 29.8 Å². The quantitative estimate of drug-likeness (QED) is 0.502. The van der Waals surface area contributed by atoms with Crippen LogP contribution in [-0.2, 0) is 20.6 Å². The van der Waals surface area contributed by atoms with E-state index in [1.165, 1.54) is 11.6 Å². The standard InChI is InChI=1S/C22H21ClN4O3/c1-13-8-9-17(10-14(13)2)30-21-24-19-18(20(28)26(4)22(29)25(19)3)27(21)12-15-6-5-7-16(23)11-15/h5-11H,12H2,1-4H3. The van der Waals surface area contributed by atoms with Crippen LogP contribution in [0.25, 0.3) is 11.2 Å². The Morgan fingerprint density at radius 2 is 1.77 bits per heavy atom. The number of fused-ring (bicyclic) bond motifs is 1. The highest BCUT2D eigenvalue weighted by Crippen LogP contribution is 2.27. The van der Waals surface area contributed by atoms with Crippen molar-refractivity contribution in [3.8, 4) is 11.8 Å². The Morgan fingerprint density at radius 1 is 1.00 bits per heavy atom. The number of imidazole rings is 1. The molecule has 154 valence electrons.